The molecule has 3 aromatic rings. The van der Waals surface area contributed by atoms with E-state index in [-0.39, 0.29) is 34.6 Å². The minimum Gasteiger partial charge on any atom is -0.465 e. The van der Waals surface area contributed by atoms with E-state index in [1.165, 1.54) is 17.9 Å². The number of esters is 1. The van der Waals surface area contributed by atoms with Crippen molar-refractivity contribution in [3.63, 3.8) is 0 Å². The van der Waals surface area contributed by atoms with Gasteiger partial charge >= 0.3 is 12.1 Å². The molecule has 0 spiro atoms. The number of ether oxygens (including phenoxy) is 1. The predicted molar refractivity (Wildman–Crippen MR) is 113 cm³/mol. The Labute approximate surface area is 187 Å². The van der Waals surface area contributed by atoms with Crippen molar-refractivity contribution in [2.24, 2.45) is 0 Å². The Hall–Kier alpha value is -3.14. The summed E-state index contributed by atoms with van der Waals surface area (Å²) in [6, 6.07) is 6.41. The van der Waals surface area contributed by atoms with Gasteiger partial charge in [0, 0.05) is 30.0 Å². The third-order valence-electron chi connectivity index (χ3n) is 4.77. The molecule has 0 unspecified atom stereocenters. The van der Waals surface area contributed by atoms with Crippen LogP contribution in [0.3, 0.4) is 0 Å². The number of nitrogens with zero attached hydrogens (tertiary/aromatic N) is 4. The summed E-state index contributed by atoms with van der Waals surface area (Å²) in [7, 11) is 1.24. The van der Waals surface area contributed by atoms with Crippen LogP contribution in [0.15, 0.2) is 36.7 Å². The summed E-state index contributed by atoms with van der Waals surface area (Å²) in [4.78, 5) is 23.6. The summed E-state index contributed by atoms with van der Waals surface area (Å²) in [6.07, 6.45) is -2.24. The first-order valence-electron chi connectivity index (χ1n) is 9.65. The van der Waals surface area contributed by atoms with Crippen molar-refractivity contribution in [3.8, 4) is 11.4 Å². The fraction of sp³-hybridized carbons (Fsp3) is 0.333. The van der Waals surface area contributed by atoms with Crippen LogP contribution in [0.2, 0.25) is 5.28 Å². The van der Waals surface area contributed by atoms with Crippen molar-refractivity contribution in [1.29, 1.82) is 0 Å². The zero-order chi connectivity index (χ0) is 23.6. The van der Waals surface area contributed by atoms with Gasteiger partial charge in [0.15, 0.2) is 5.69 Å². The minimum absolute atomic E-state index is 0.0382. The Morgan fingerprint density at radius 1 is 1.16 bits per heavy atom. The van der Waals surface area contributed by atoms with Gasteiger partial charge in [0.1, 0.15) is 17.2 Å². The number of benzene rings is 1. The Bertz CT molecular complexity index is 1110. The fourth-order valence-electron chi connectivity index (χ4n) is 3.08. The average Bonchev–Trinajstić information content (AvgIpc) is 3.20. The topological polar surface area (TPSA) is 81.9 Å². The van der Waals surface area contributed by atoms with Crippen LogP contribution in [-0.4, -0.2) is 32.6 Å². The number of nitrogens with one attached hydrogen (secondary N) is 1. The van der Waals surface area contributed by atoms with E-state index < -0.39 is 17.8 Å². The van der Waals surface area contributed by atoms with Crippen LogP contribution in [-0.2, 0) is 10.9 Å². The monoisotopic (exact) mass is 467 g/mol. The molecule has 11 heteroatoms. The van der Waals surface area contributed by atoms with Crippen LogP contribution >= 0.6 is 11.6 Å². The average molecular weight is 468 g/mol. The quantitative estimate of drug-likeness (QED) is 0.378. The minimum atomic E-state index is -4.52. The van der Waals surface area contributed by atoms with Gasteiger partial charge in [0.05, 0.1) is 7.11 Å². The van der Waals surface area contributed by atoms with Gasteiger partial charge in [-0.3, -0.25) is 0 Å². The van der Waals surface area contributed by atoms with Crippen LogP contribution in [0.1, 0.15) is 54.5 Å². The van der Waals surface area contributed by atoms with Gasteiger partial charge in [-0.1, -0.05) is 24.3 Å². The van der Waals surface area contributed by atoms with E-state index in [0.29, 0.717) is 5.56 Å². The molecule has 0 aliphatic carbocycles. The Morgan fingerprint density at radius 3 is 2.38 bits per heavy atom. The number of anilines is 1. The molecule has 170 valence electrons. The number of rotatable bonds is 6. The largest absolute Gasteiger partial charge is 0.465 e. The van der Waals surface area contributed by atoms with Crippen molar-refractivity contribution in [2.75, 3.05) is 12.4 Å². The second-order valence-electron chi connectivity index (χ2n) is 7.33. The summed E-state index contributed by atoms with van der Waals surface area (Å²) in [5.74, 6) is -0.179. The summed E-state index contributed by atoms with van der Waals surface area (Å²) < 4.78 is 45.7. The van der Waals surface area contributed by atoms with Gasteiger partial charge in [-0.15, -0.1) is 0 Å². The molecule has 0 radical (unpaired) electrons. The Morgan fingerprint density at radius 2 is 1.81 bits per heavy atom. The number of hydrogen-bond donors (Lipinski definition) is 1. The standard InChI is InChI=1S/C21H21ClF3N5O2/c1-11(2)30-10-16(21(23,24)25)28-18(30)14-7-5-13(6-8-14)12(3)27-17-15(19(31)32-4)9-26-20(22)29-17/h5-12H,1-4H3,(H,26,27,29)/t12-/m0/s1. The molecule has 3 rings (SSSR count). The number of halogens is 4. The molecule has 0 amide bonds. The molecule has 2 heterocycles. The molecule has 7 nitrogen and oxygen atoms in total. The molecule has 1 atom stereocenters. The lowest BCUT2D eigenvalue weighted by molar-refractivity contribution is -0.140. The first-order valence-corrected chi connectivity index (χ1v) is 10.0. The SMILES string of the molecule is COC(=O)c1cnc(Cl)nc1N[C@@H](C)c1ccc(-c2nc(C(F)(F)F)cn2C(C)C)cc1. The van der Waals surface area contributed by atoms with E-state index in [1.54, 1.807) is 38.1 Å². The lowest BCUT2D eigenvalue weighted by atomic mass is 10.1. The van der Waals surface area contributed by atoms with E-state index in [2.05, 4.69) is 20.3 Å². The number of imidazole rings is 1. The highest BCUT2D eigenvalue weighted by molar-refractivity contribution is 6.28. The zero-order valence-corrected chi connectivity index (χ0v) is 18.5. The van der Waals surface area contributed by atoms with Crippen molar-refractivity contribution in [2.45, 2.75) is 39.0 Å². The number of aromatic nitrogens is 4. The molecule has 32 heavy (non-hydrogen) atoms. The molecule has 1 N–H and O–H groups in total. The maximum absolute atomic E-state index is 13.1. The van der Waals surface area contributed by atoms with Crippen LogP contribution in [0, 0.1) is 0 Å². The molecule has 0 fully saturated rings. The Balaban J connectivity index is 1.88. The van der Waals surface area contributed by atoms with Crippen molar-refractivity contribution >= 4 is 23.4 Å². The second kappa shape index (κ2) is 9.15. The third-order valence-corrected chi connectivity index (χ3v) is 4.95. The second-order valence-corrected chi connectivity index (χ2v) is 7.67. The van der Waals surface area contributed by atoms with E-state index in [0.717, 1.165) is 11.8 Å². The first-order chi connectivity index (χ1) is 15.0. The molecule has 0 aliphatic rings. The number of alkyl halides is 3. The van der Waals surface area contributed by atoms with E-state index in [9.17, 15) is 18.0 Å². The maximum Gasteiger partial charge on any atom is 0.434 e. The lowest BCUT2D eigenvalue weighted by Gasteiger charge is -2.17. The summed E-state index contributed by atoms with van der Waals surface area (Å²) >= 11 is 5.85. The predicted octanol–water partition coefficient (Wildman–Crippen LogP) is 5.55. The van der Waals surface area contributed by atoms with Crippen molar-refractivity contribution < 1.29 is 22.7 Å². The van der Waals surface area contributed by atoms with Crippen LogP contribution in [0.5, 0.6) is 0 Å². The zero-order valence-electron chi connectivity index (χ0n) is 17.7. The fourth-order valence-corrected chi connectivity index (χ4v) is 3.21. The van der Waals surface area contributed by atoms with Gasteiger partial charge in [-0.2, -0.15) is 18.2 Å². The van der Waals surface area contributed by atoms with Crippen LogP contribution in [0.4, 0.5) is 19.0 Å². The normalized spacial score (nSPS) is 12.7. The molecule has 0 saturated heterocycles. The van der Waals surface area contributed by atoms with Crippen molar-refractivity contribution in [3.05, 3.63) is 58.8 Å². The number of carbonyl (C=O) groups is 1. The molecular weight excluding hydrogens is 447 g/mol. The highest BCUT2D eigenvalue weighted by atomic mass is 35.5. The van der Waals surface area contributed by atoms with Gasteiger partial charge < -0.3 is 14.6 Å². The molecule has 1 aromatic carbocycles. The van der Waals surface area contributed by atoms with Gasteiger partial charge in [-0.05, 0) is 37.9 Å². The van der Waals surface area contributed by atoms with E-state index >= 15 is 0 Å². The third kappa shape index (κ3) is 5.01. The van der Waals surface area contributed by atoms with Gasteiger partial charge in [-0.25, -0.2) is 14.8 Å². The lowest BCUT2D eigenvalue weighted by Crippen LogP contribution is -2.14. The maximum atomic E-state index is 13.1. The molecular formula is C21H21ClF3N5O2. The molecule has 0 bridgehead atoms. The van der Waals surface area contributed by atoms with Gasteiger partial charge in [0.2, 0.25) is 5.28 Å². The van der Waals surface area contributed by atoms with Gasteiger partial charge in [0.25, 0.3) is 0 Å². The summed E-state index contributed by atoms with van der Waals surface area (Å²) in [5, 5.41) is 3.05. The smallest absolute Gasteiger partial charge is 0.434 e. The number of methoxy groups -OCH3 is 1. The van der Waals surface area contributed by atoms with Crippen molar-refractivity contribution in [1.82, 2.24) is 19.5 Å². The number of carbonyl (C=O) groups excluding carboxylic acids is 1. The molecule has 2 aromatic heterocycles. The summed E-state index contributed by atoms with van der Waals surface area (Å²) in [6.45, 7) is 5.41. The van der Waals surface area contributed by atoms with Crippen LogP contribution < -0.4 is 5.32 Å². The van der Waals surface area contributed by atoms with Crippen LogP contribution in [0.25, 0.3) is 11.4 Å². The highest BCUT2D eigenvalue weighted by Crippen LogP contribution is 2.33. The Kier molecular flexibility index (Phi) is 6.73. The highest BCUT2D eigenvalue weighted by Gasteiger charge is 2.35. The molecule has 0 saturated carbocycles. The van der Waals surface area contributed by atoms with E-state index in [4.69, 9.17) is 16.3 Å². The van der Waals surface area contributed by atoms with E-state index in [1.807, 2.05) is 6.92 Å². The first kappa shape index (κ1) is 23.5. The molecule has 0 aliphatic heterocycles. The summed E-state index contributed by atoms with van der Waals surface area (Å²) in [5.41, 5.74) is 0.541. The number of hydrogen-bond acceptors (Lipinski definition) is 6.